The van der Waals surface area contributed by atoms with Gasteiger partial charge in [-0.15, -0.1) is 5.10 Å². The Labute approximate surface area is 160 Å². The molecule has 28 heavy (non-hydrogen) atoms. The summed E-state index contributed by atoms with van der Waals surface area (Å²) in [6.45, 7) is 2.14. The standard InChI is InChI=1S/C21H17FN4O2/c1-14-5-2-8-17(11-14)26-20(18-9-4-10-28-18)24-19(25-26)21(27)23-13-15-6-3-7-16(22)12-15/h2-12H,13H2,1H3,(H,23,27). The molecule has 7 heteroatoms. The molecular formula is C21H17FN4O2. The summed E-state index contributed by atoms with van der Waals surface area (Å²) in [5, 5.41) is 7.08. The lowest BCUT2D eigenvalue weighted by Crippen LogP contribution is -2.24. The van der Waals surface area contributed by atoms with Crippen LogP contribution in [0.4, 0.5) is 4.39 Å². The molecule has 2 aromatic carbocycles. The van der Waals surface area contributed by atoms with E-state index in [4.69, 9.17) is 4.42 Å². The van der Waals surface area contributed by atoms with Crippen LogP contribution in [-0.2, 0) is 6.54 Å². The average Bonchev–Trinajstić information content (AvgIpc) is 3.36. The number of furan rings is 1. The van der Waals surface area contributed by atoms with Crippen molar-refractivity contribution < 1.29 is 13.6 Å². The minimum absolute atomic E-state index is 0.00399. The topological polar surface area (TPSA) is 73.0 Å². The largest absolute Gasteiger partial charge is 0.461 e. The van der Waals surface area contributed by atoms with Crippen LogP contribution >= 0.6 is 0 Å². The second-order valence-electron chi connectivity index (χ2n) is 6.30. The summed E-state index contributed by atoms with van der Waals surface area (Å²) in [6.07, 6.45) is 1.54. The van der Waals surface area contributed by atoms with E-state index in [2.05, 4.69) is 15.4 Å². The van der Waals surface area contributed by atoms with Crippen LogP contribution in [0.1, 0.15) is 21.7 Å². The fourth-order valence-electron chi connectivity index (χ4n) is 2.82. The Morgan fingerprint density at radius 3 is 2.75 bits per heavy atom. The molecule has 4 aromatic rings. The molecule has 0 fully saturated rings. The molecule has 0 aliphatic rings. The number of halogens is 1. The molecule has 0 saturated carbocycles. The van der Waals surface area contributed by atoms with E-state index in [1.54, 1.807) is 28.9 Å². The third kappa shape index (κ3) is 3.68. The molecule has 0 aliphatic heterocycles. The van der Waals surface area contributed by atoms with Crippen LogP contribution in [0.25, 0.3) is 17.3 Å². The fourth-order valence-corrected chi connectivity index (χ4v) is 2.82. The molecule has 4 rings (SSSR count). The second-order valence-corrected chi connectivity index (χ2v) is 6.30. The number of carbonyl (C=O) groups excluding carboxylic acids is 1. The van der Waals surface area contributed by atoms with Gasteiger partial charge in [-0.3, -0.25) is 4.79 Å². The summed E-state index contributed by atoms with van der Waals surface area (Å²) < 4.78 is 20.3. The van der Waals surface area contributed by atoms with Crippen LogP contribution in [0.3, 0.4) is 0 Å². The van der Waals surface area contributed by atoms with Crippen LogP contribution in [0.5, 0.6) is 0 Å². The molecule has 140 valence electrons. The number of amides is 1. The number of aromatic nitrogens is 3. The van der Waals surface area contributed by atoms with E-state index in [1.165, 1.54) is 18.4 Å². The van der Waals surface area contributed by atoms with Crippen LogP contribution in [0.2, 0.25) is 0 Å². The lowest BCUT2D eigenvalue weighted by molar-refractivity contribution is 0.0940. The molecule has 0 atom stereocenters. The number of carbonyl (C=O) groups is 1. The van der Waals surface area contributed by atoms with Gasteiger partial charge in [0.05, 0.1) is 12.0 Å². The van der Waals surface area contributed by atoms with Gasteiger partial charge in [0.2, 0.25) is 5.82 Å². The normalized spacial score (nSPS) is 10.8. The molecule has 0 radical (unpaired) electrons. The molecular weight excluding hydrogens is 359 g/mol. The van der Waals surface area contributed by atoms with Crippen molar-refractivity contribution in [1.29, 1.82) is 0 Å². The average molecular weight is 376 g/mol. The Morgan fingerprint density at radius 2 is 2.00 bits per heavy atom. The molecule has 0 unspecified atom stereocenters. The number of hydrogen-bond donors (Lipinski definition) is 1. The Morgan fingerprint density at radius 1 is 1.14 bits per heavy atom. The van der Waals surface area contributed by atoms with Crippen LogP contribution in [-0.4, -0.2) is 20.7 Å². The van der Waals surface area contributed by atoms with Gasteiger partial charge < -0.3 is 9.73 Å². The molecule has 6 nitrogen and oxygen atoms in total. The highest BCUT2D eigenvalue weighted by molar-refractivity contribution is 5.90. The van der Waals surface area contributed by atoms with E-state index in [0.717, 1.165) is 11.3 Å². The van der Waals surface area contributed by atoms with Crippen molar-refractivity contribution in [2.45, 2.75) is 13.5 Å². The van der Waals surface area contributed by atoms with Gasteiger partial charge in [-0.25, -0.2) is 9.07 Å². The summed E-state index contributed by atoms with van der Waals surface area (Å²) in [7, 11) is 0. The Kier molecular flexibility index (Phi) is 4.72. The highest BCUT2D eigenvalue weighted by Gasteiger charge is 2.20. The van der Waals surface area contributed by atoms with E-state index in [0.29, 0.717) is 17.1 Å². The maximum atomic E-state index is 13.3. The van der Waals surface area contributed by atoms with Gasteiger partial charge in [-0.1, -0.05) is 24.3 Å². The van der Waals surface area contributed by atoms with Crippen molar-refractivity contribution in [3.63, 3.8) is 0 Å². The first kappa shape index (κ1) is 17.7. The second kappa shape index (κ2) is 7.48. The van der Waals surface area contributed by atoms with Crippen LogP contribution < -0.4 is 5.32 Å². The Balaban J connectivity index is 1.64. The molecule has 2 heterocycles. The molecule has 1 N–H and O–H groups in total. The molecule has 0 aliphatic carbocycles. The number of rotatable bonds is 5. The van der Waals surface area contributed by atoms with E-state index in [-0.39, 0.29) is 18.2 Å². The van der Waals surface area contributed by atoms with Crippen molar-refractivity contribution in [3.8, 4) is 17.3 Å². The number of aryl methyl sites for hydroxylation is 1. The zero-order chi connectivity index (χ0) is 19.5. The lowest BCUT2D eigenvalue weighted by atomic mass is 10.2. The number of benzene rings is 2. The van der Waals surface area contributed by atoms with Crippen molar-refractivity contribution in [2.24, 2.45) is 0 Å². The predicted octanol–water partition coefficient (Wildman–Crippen LogP) is 3.90. The van der Waals surface area contributed by atoms with Gasteiger partial charge in [0.25, 0.3) is 5.91 Å². The first-order valence-corrected chi connectivity index (χ1v) is 8.71. The fraction of sp³-hybridized carbons (Fsp3) is 0.0952. The summed E-state index contributed by atoms with van der Waals surface area (Å²) in [6, 6.07) is 17.2. The molecule has 0 spiro atoms. The quantitative estimate of drug-likeness (QED) is 0.573. The Bertz CT molecular complexity index is 1120. The molecule has 0 bridgehead atoms. The lowest BCUT2D eigenvalue weighted by Gasteiger charge is -2.05. The third-order valence-corrected chi connectivity index (χ3v) is 4.14. The van der Waals surface area contributed by atoms with Crippen molar-refractivity contribution >= 4 is 5.91 Å². The minimum Gasteiger partial charge on any atom is -0.461 e. The maximum absolute atomic E-state index is 13.3. The van der Waals surface area contributed by atoms with Gasteiger partial charge in [0, 0.05) is 6.54 Å². The van der Waals surface area contributed by atoms with Crippen molar-refractivity contribution in [3.05, 3.63) is 89.7 Å². The number of hydrogen-bond acceptors (Lipinski definition) is 4. The SMILES string of the molecule is Cc1cccc(-n2nc(C(=O)NCc3cccc(F)c3)nc2-c2ccco2)c1. The van der Waals surface area contributed by atoms with Gasteiger partial charge in [0.1, 0.15) is 5.82 Å². The van der Waals surface area contributed by atoms with Crippen molar-refractivity contribution in [1.82, 2.24) is 20.1 Å². The molecule has 2 aromatic heterocycles. The highest BCUT2D eigenvalue weighted by Crippen LogP contribution is 2.22. The van der Waals surface area contributed by atoms with Gasteiger partial charge in [0.15, 0.2) is 11.6 Å². The zero-order valence-corrected chi connectivity index (χ0v) is 15.1. The number of nitrogens with one attached hydrogen (secondary N) is 1. The summed E-state index contributed by atoms with van der Waals surface area (Å²) in [5.41, 5.74) is 2.47. The molecule has 0 saturated heterocycles. The summed E-state index contributed by atoms with van der Waals surface area (Å²) in [5.74, 6) is 0.117. The minimum atomic E-state index is -0.455. The zero-order valence-electron chi connectivity index (χ0n) is 15.1. The van der Waals surface area contributed by atoms with E-state index < -0.39 is 5.91 Å². The smallest absolute Gasteiger partial charge is 0.291 e. The predicted molar refractivity (Wildman–Crippen MR) is 101 cm³/mol. The van der Waals surface area contributed by atoms with E-state index in [1.807, 2.05) is 31.2 Å². The van der Waals surface area contributed by atoms with Gasteiger partial charge in [-0.2, -0.15) is 4.98 Å². The van der Waals surface area contributed by atoms with Crippen LogP contribution in [0, 0.1) is 12.7 Å². The number of nitrogens with zero attached hydrogens (tertiary/aromatic N) is 3. The maximum Gasteiger partial charge on any atom is 0.291 e. The Hall–Kier alpha value is -3.74. The van der Waals surface area contributed by atoms with E-state index >= 15 is 0 Å². The van der Waals surface area contributed by atoms with Crippen molar-refractivity contribution in [2.75, 3.05) is 0 Å². The summed E-state index contributed by atoms with van der Waals surface area (Å²) >= 11 is 0. The summed E-state index contributed by atoms with van der Waals surface area (Å²) in [4.78, 5) is 16.9. The first-order chi connectivity index (χ1) is 13.6. The van der Waals surface area contributed by atoms with Gasteiger partial charge >= 0.3 is 0 Å². The third-order valence-electron chi connectivity index (χ3n) is 4.14. The highest BCUT2D eigenvalue weighted by atomic mass is 19.1. The monoisotopic (exact) mass is 376 g/mol. The first-order valence-electron chi connectivity index (χ1n) is 8.71. The van der Waals surface area contributed by atoms with Crippen LogP contribution in [0.15, 0.2) is 71.3 Å². The molecule has 1 amide bonds. The van der Waals surface area contributed by atoms with E-state index in [9.17, 15) is 9.18 Å². The van der Waals surface area contributed by atoms with Gasteiger partial charge in [-0.05, 0) is 54.4 Å².